The molecule has 1 fully saturated rings. The number of nitrogens with one attached hydrogen (secondary N) is 2. The average Bonchev–Trinajstić information content (AvgIpc) is 2.93. The Hall–Kier alpha value is -0.810. The van der Waals surface area contributed by atoms with Crippen molar-refractivity contribution in [1.29, 1.82) is 0 Å². The fraction of sp³-hybridized carbons (Fsp3) is 0.600. The van der Waals surface area contributed by atoms with Crippen molar-refractivity contribution >= 4 is 11.8 Å². The van der Waals surface area contributed by atoms with Crippen LogP contribution in [0.2, 0.25) is 0 Å². The average molecular weight is 223 g/mol. The lowest BCUT2D eigenvalue weighted by Gasteiger charge is -2.04. The summed E-state index contributed by atoms with van der Waals surface area (Å²) in [6.07, 6.45) is 2.51. The third-order valence-electron chi connectivity index (χ3n) is 2.77. The van der Waals surface area contributed by atoms with Gasteiger partial charge in [0.2, 0.25) is 0 Å². The fourth-order valence-corrected chi connectivity index (χ4v) is 2.76. The molecule has 2 N–H and O–H groups in total. The first kappa shape index (κ1) is 9.42. The molecule has 5 heteroatoms. The van der Waals surface area contributed by atoms with Crippen LogP contribution in [0.5, 0.6) is 0 Å². The van der Waals surface area contributed by atoms with Crippen molar-refractivity contribution in [2.24, 2.45) is 0 Å². The van der Waals surface area contributed by atoms with Gasteiger partial charge in [0.1, 0.15) is 5.82 Å². The lowest BCUT2D eigenvalue weighted by atomic mass is 10.3. The molecule has 1 saturated carbocycles. The maximum atomic E-state index is 11.7. The summed E-state index contributed by atoms with van der Waals surface area (Å²) in [6, 6.07) is 0.651. The highest BCUT2D eigenvalue weighted by Crippen LogP contribution is 2.25. The number of nitrogens with zero attached hydrogens (tertiary/aromatic N) is 1. The van der Waals surface area contributed by atoms with Crippen LogP contribution in [-0.2, 0) is 18.1 Å². The Bertz CT molecular complexity index is 439. The van der Waals surface area contributed by atoms with Gasteiger partial charge in [0.25, 0.3) is 5.56 Å². The van der Waals surface area contributed by atoms with Crippen molar-refractivity contribution in [3.8, 4) is 0 Å². The Kier molecular flexibility index (Phi) is 2.29. The molecule has 0 unspecified atom stereocenters. The van der Waals surface area contributed by atoms with Gasteiger partial charge in [-0.2, -0.15) is 11.8 Å². The molecule has 3 rings (SSSR count). The molecular formula is C10H13N3OS. The Morgan fingerprint density at radius 3 is 3.13 bits per heavy atom. The summed E-state index contributed by atoms with van der Waals surface area (Å²) in [5.74, 6) is 2.48. The number of rotatable bonds is 3. The van der Waals surface area contributed by atoms with E-state index in [0.717, 1.165) is 28.6 Å². The fourth-order valence-electron chi connectivity index (χ4n) is 1.73. The number of hydrogen-bond acceptors (Lipinski definition) is 4. The lowest BCUT2D eigenvalue weighted by molar-refractivity contribution is 0.651. The predicted molar refractivity (Wildman–Crippen MR) is 59.7 cm³/mol. The second kappa shape index (κ2) is 3.64. The van der Waals surface area contributed by atoms with E-state index in [2.05, 4.69) is 15.3 Å². The van der Waals surface area contributed by atoms with Crippen LogP contribution in [0.15, 0.2) is 4.79 Å². The van der Waals surface area contributed by atoms with Crippen molar-refractivity contribution in [2.45, 2.75) is 36.9 Å². The van der Waals surface area contributed by atoms with Gasteiger partial charge in [-0.1, -0.05) is 0 Å². The van der Waals surface area contributed by atoms with E-state index in [4.69, 9.17) is 0 Å². The Morgan fingerprint density at radius 2 is 2.33 bits per heavy atom. The Morgan fingerprint density at radius 1 is 1.47 bits per heavy atom. The van der Waals surface area contributed by atoms with E-state index in [-0.39, 0.29) is 5.56 Å². The summed E-state index contributed by atoms with van der Waals surface area (Å²) in [5, 5.41) is 3.35. The number of aromatic nitrogens is 2. The molecule has 2 heterocycles. The largest absolute Gasteiger partial charge is 0.309 e. The van der Waals surface area contributed by atoms with Crippen LogP contribution in [0.25, 0.3) is 0 Å². The normalized spacial score (nSPS) is 19.2. The molecule has 1 aromatic rings. The van der Waals surface area contributed by atoms with E-state index in [9.17, 15) is 4.79 Å². The molecule has 0 saturated heterocycles. The number of fused-ring (bicyclic) bond motifs is 1. The molecule has 1 aliphatic heterocycles. The van der Waals surface area contributed by atoms with Crippen molar-refractivity contribution in [2.75, 3.05) is 0 Å². The van der Waals surface area contributed by atoms with Crippen LogP contribution in [0.3, 0.4) is 0 Å². The summed E-state index contributed by atoms with van der Waals surface area (Å²) in [5.41, 5.74) is 1.91. The molecule has 0 bridgehead atoms. The molecule has 80 valence electrons. The molecule has 0 atom stereocenters. The van der Waals surface area contributed by atoms with E-state index >= 15 is 0 Å². The van der Waals surface area contributed by atoms with E-state index in [1.165, 1.54) is 12.8 Å². The zero-order valence-corrected chi connectivity index (χ0v) is 9.19. The summed E-state index contributed by atoms with van der Waals surface area (Å²) in [4.78, 5) is 19.0. The molecular weight excluding hydrogens is 210 g/mol. The summed E-state index contributed by atoms with van der Waals surface area (Å²) < 4.78 is 0. The van der Waals surface area contributed by atoms with Crippen LogP contribution >= 0.6 is 11.8 Å². The maximum absolute atomic E-state index is 11.7. The molecule has 1 aromatic heterocycles. The van der Waals surface area contributed by atoms with Gasteiger partial charge in [0.15, 0.2) is 0 Å². The third-order valence-corrected chi connectivity index (χ3v) is 3.74. The van der Waals surface area contributed by atoms with Crippen LogP contribution in [0, 0.1) is 0 Å². The summed E-state index contributed by atoms with van der Waals surface area (Å²) >= 11 is 1.76. The van der Waals surface area contributed by atoms with Gasteiger partial charge in [0.05, 0.1) is 12.2 Å². The van der Waals surface area contributed by atoms with Gasteiger partial charge in [-0.05, 0) is 12.8 Å². The highest BCUT2D eigenvalue weighted by Gasteiger charge is 2.21. The van der Waals surface area contributed by atoms with Crippen molar-refractivity contribution in [1.82, 2.24) is 15.3 Å². The standard InChI is InChI=1S/C10H13N3OS/c14-10-7-4-15-5-8(7)12-9(13-10)3-11-6-1-2-6/h6,11H,1-5H2,(H,12,13,14). The molecule has 2 aliphatic rings. The van der Waals surface area contributed by atoms with Gasteiger partial charge >= 0.3 is 0 Å². The molecule has 1 aliphatic carbocycles. The van der Waals surface area contributed by atoms with Crippen molar-refractivity contribution < 1.29 is 0 Å². The number of H-pyrrole nitrogens is 1. The van der Waals surface area contributed by atoms with Gasteiger partial charge in [-0.3, -0.25) is 4.79 Å². The summed E-state index contributed by atoms with van der Waals surface area (Å²) in [7, 11) is 0. The quantitative estimate of drug-likeness (QED) is 0.794. The maximum Gasteiger partial charge on any atom is 0.255 e. The van der Waals surface area contributed by atoms with Crippen molar-refractivity contribution in [3.05, 3.63) is 27.4 Å². The highest BCUT2D eigenvalue weighted by molar-refractivity contribution is 7.98. The Balaban J connectivity index is 1.82. The van der Waals surface area contributed by atoms with Crippen LogP contribution in [0.1, 0.15) is 29.9 Å². The monoisotopic (exact) mass is 223 g/mol. The minimum atomic E-state index is 0.0533. The van der Waals surface area contributed by atoms with Gasteiger partial charge < -0.3 is 10.3 Å². The number of hydrogen-bond donors (Lipinski definition) is 2. The van der Waals surface area contributed by atoms with E-state index < -0.39 is 0 Å². The van der Waals surface area contributed by atoms with E-state index in [0.29, 0.717) is 12.6 Å². The topological polar surface area (TPSA) is 57.8 Å². The zero-order valence-electron chi connectivity index (χ0n) is 8.38. The zero-order chi connectivity index (χ0) is 10.3. The first-order valence-electron chi connectivity index (χ1n) is 5.25. The Labute approximate surface area is 91.9 Å². The third kappa shape index (κ3) is 1.94. The molecule has 0 aromatic carbocycles. The molecule has 15 heavy (non-hydrogen) atoms. The van der Waals surface area contributed by atoms with Gasteiger partial charge in [-0.15, -0.1) is 0 Å². The molecule has 0 amide bonds. The molecule has 0 radical (unpaired) electrons. The first-order valence-corrected chi connectivity index (χ1v) is 6.40. The lowest BCUT2D eigenvalue weighted by Crippen LogP contribution is -2.23. The molecule has 0 spiro atoms. The van der Waals surface area contributed by atoms with E-state index in [1.54, 1.807) is 11.8 Å². The van der Waals surface area contributed by atoms with Crippen LogP contribution in [-0.4, -0.2) is 16.0 Å². The van der Waals surface area contributed by atoms with Gasteiger partial charge in [0, 0.05) is 23.1 Å². The minimum Gasteiger partial charge on any atom is -0.309 e. The predicted octanol–water partition coefficient (Wildman–Crippen LogP) is 0.769. The highest BCUT2D eigenvalue weighted by atomic mass is 32.2. The van der Waals surface area contributed by atoms with E-state index in [1.807, 2.05) is 0 Å². The second-order valence-corrected chi connectivity index (χ2v) is 5.07. The summed E-state index contributed by atoms with van der Waals surface area (Å²) in [6.45, 7) is 0.692. The first-order chi connectivity index (χ1) is 7.33. The van der Waals surface area contributed by atoms with Crippen molar-refractivity contribution in [3.63, 3.8) is 0 Å². The SMILES string of the molecule is O=c1[nH]c(CNC2CC2)nc2c1CSC2. The smallest absolute Gasteiger partial charge is 0.255 e. The number of thioether (sulfide) groups is 1. The van der Waals surface area contributed by atoms with Crippen LogP contribution < -0.4 is 10.9 Å². The van der Waals surface area contributed by atoms with Crippen LogP contribution in [0.4, 0.5) is 0 Å². The van der Waals surface area contributed by atoms with Gasteiger partial charge in [-0.25, -0.2) is 4.98 Å². The molecule has 4 nitrogen and oxygen atoms in total. The number of aromatic amines is 1. The minimum absolute atomic E-state index is 0.0533. The second-order valence-electron chi connectivity index (χ2n) is 4.09.